The van der Waals surface area contributed by atoms with Crippen LogP contribution in [-0.2, 0) is 18.3 Å². The van der Waals surface area contributed by atoms with Gasteiger partial charge in [0.15, 0.2) is 5.82 Å². The third-order valence-corrected chi connectivity index (χ3v) is 7.67. The van der Waals surface area contributed by atoms with Gasteiger partial charge in [-0.25, -0.2) is 14.8 Å². The molecule has 13 nitrogen and oxygen atoms in total. The van der Waals surface area contributed by atoms with Crippen molar-refractivity contribution in [3.8, 4) is 17.3 Å². The summed E-state index contributed by atoms with van der Waals surface area (Å²) < 4.78 is 6.94. The van der Waals surface area contributed by atoms with Gasteiger partial charge < -0.3 is 20.7 Å². The van der Waals surface area contributed by atoms with Gasteiger partial charge in [-0.2, -0.15) is 15.3 Å². The Bertz CT molecular complexity index is 1570. The molecule has 6 rings (SSSR count). The van der Waals surface area contributed by atoms with Crippen molar-refractivity contribution in [2.75, 3.05) is 28.7 Å². The Morgan fingerprint density at radius 3 is 2.49 bits per heavy atom. The number of hydrogen-bond donors (Lipinski definition) is 3. The van der Waals surface area contributed by atoms with Gasteiger partial charge in [-0.3, -0.25) is 14.6 Å². The number of nitriles is 1. The maximum atomic E-state index is 13.6. The molecular formula is C30H33N11O2. The lowest BCUT2D eigenvalue weighted by molar-refractivity contribution is 0.0209. The van der Waals surface area contributed by atoms with Gasteiger partial charge in [0.05, 0.1) is 49.7 Å². The minimum absolute atomic E-state index is 0.0647. The summed E-state index contributed by atoms with van der Waals surface area (Å²) >= 11 is 0. The fourth-order valence-corrected chi connectivity index (χ4v) is 5.28. The van der Waals surface area contributed by atoms with Crippen LogP contribution in [0.1, 0.15) is 36.8 Å². The number of aryl methyl sites for hydroxylation is 1. The molecule has 1 saturated heterocycles. The Labute approximate surface area is 249 Å². The number of rotatable bonds is 9. The number of urea groups is 1. The van der Waals surface area contributed by atoms with E-state index in [0.29, 0.717) is 48.6 Å². The van der Waals surface area contributed by atoms with Crippen LogP contribution < -0.4 is 20.9 Å². The predicted molar refractivity (Wildman–Crippen MR) is 160 cm³/mol. The molecule has 0 atom stereocenters. The van der Waals surface area contributed by atoms with E-state index < -0.39 is 0 Å². The van der Waals surface area contributed by atoms with E-state index in [2.05, 4.69) is 47.1 Å². The van der Waals surface area contributed by atoms with Crippen molar-refractivity contribution in [1.82, 2.24) is 35.0 Å². The zero-order valence-corrected chi connectivity index (χ0v) is 23.8. The quantitative estimate of drug-likeness (QED) is 0.268. The molecule has 2 aliphatic rings. The van der Waals surface area contributed by atoms with Crippen molar-refractivity contribution in [2.24, 2.45) is 7.05 Å². The van der Waals surface area contributed by atoms with E-state index >= 15 is 0 Å². The molecule has 13 heteroatoms. The van der Waals surface area contributed by atoms with Crippen LogP contribution in [-0.4, -0.2) is 67.1 Å². The molecule has 0 bridgehead atoms. The number of nitrogens with zero attached hydrogens (tertiary/aromatic N) is 8. The highest BCUT2D eigenvalue weighted by atomic mass is 16.5. The first-order valence-electron chi connectivity index (χ1n) is 14.4. The second-order valence-corrected chi connectivity index (χ2v) is 10.8. The minimum atomic E-state index is -0.213. The molecule has 0 unspecified atom stereocenters. The molecule has 1 aliphatic carbocycles. The van der Waals surface area contributed by atoms with E-state index in [9.17, 15) is 10.1 Å². The number of ether oxygens (including phenoxy) is 1. The average molecular weight is 580 g/mol. The first kappa shape index (κ1) is 28.0. The number of anilines is 3. The molecule has 3 N–H and O–H groups in total. The molecule has 2 fully saturated rings. The van der Waals surface area contributed by atoms with E-state index in [-0.39, 0.29) is 24.2 Å². The zero-order valence-electron chi connectivity index (χ0n) is 23.8. The molecule has 0 spiro atoms. The number of hydrogen-bond acceptors (Lipinski definition) is 10. The lowest BCUT2D eigenvalue weighted by Gasteiger charge is -2.36. The third-order valence-electron chi connectivity index (χ3n) is 7.67. The van der Waals surface area contributed by atoms with Gasteiger partial charge in [-0.05, 0) is 31.2 Å². The SMILES string of the molecule is Cn1cc(-c2cnc(N(C(=O)NCc3ccccc3)[C@H]3CC[C@H](Nc4ncc(C#N)c(NC5COC5)n4)CC3)cn2)cn1. The summed E-state index contributed by atoms with van der Waals surface area (Å²) in [6, 6.07) is 12.0. The second kappa shape index (κ2) is 12.8. The van der Waals surface area contributed by atoms with Gasteiger partial charge in [-0.15, -0.1) is 0 Å². The van der Waals surface area contributed by atoms with E-state index in [0.717, 1.165) is 36.8 Å². The lowest BCUT2D eigenvalue weighted by atomic mass is 9.90. The topological polar surface area (TPSA) is 159 Å². The minimum Gasteiger partial charge on any atom is -0.377 e. The van der Waals surface area contributed by atoms with E-state index in [1.807, 2.05) is 43.6 Å². The molecule has 1 aromatic carbocycles. The number of carbonyl (C=O) groups is 1. The molecule has 220 valence electrons. The maximum absolute atomic E-state index is 13.6. The molecule has 1 aliphatic heterocycles. The van der Waals surface area contributed by atoms with Gasteiger partial charge in [0.2, 0.25) is 5.95 Å². The molecule has 43 heavy (non-hydrogen) atoms. The Kier molecular flexibility index (Phi) is 8.37. The number of aromatic nitrogens is 6. The number of carbonyl (C=O) groups excluding carboxylic acids is 1. The molecule has 3 aromatic heterocycles. The smallest absolute Gasteiger partial charge is 0.323 e. The van der Waals surface area contributed by atoms with Crippen molar-refractivity contribution in [3.63, 3.8) is 0 Å². The zero-order chi connectivity index (χ0) is 29.6. The Hall–Kier alpha value is -5.09. The first-order valence-corrected chi connectivity index (χ1v) is 14.4. The first-order chi connectivity index (χ1) is 21.1. The Morgan fingerprint density at radius 2 is 1.84 bits per heavy atom. The summed E-state index contributed by atoms with van der Waals surface area (Å²) in [5.41, 5.74) is 2.96. The highest BCUT2D eigenvalue weighted by Crippen LogP contribution is 2.29. The summed E-state index contributed by atoms with van der Waals surface area (Å²) in [7, 11) is 1.85. The molecule has 4 aromatic rings. The summed E-state index contributed by atoms with van der Waals surface area (Å²) in [6.45, 7) is 1.59. The average Bonchev–Trinajstić information content (AvgIpc) is 3.46. The largest absolute Gasteiger partial charge is 0.377 e. The van der Waals surface area contributed by atoms with Crippen molar-refractivity contribution in [2.45, 2.75) is 50.4 Å². The van der Waals surface area contributed by atoms with E-state index in [1.165, 1.54) is 6.20 Å². The van der Waals surface area contributed by atoms with Gasteiger partial charge in [-0.1, -0.05) is 30.3 Å². The number of amides is 2. The monoisotopic (exact) mass is 579 g/mol. The van der Waals surface area contributed by atoms with Crippen molar-refractivity contribution in [3.05, 3.63) is 72.4 Å². The van der Waals surface area contributed by atoms with E-state index in [4.69, 9.17) is 4.74 Å². The van der Waals surface area contributed by atoms with Crippen LogP contribution >= 0.6 is 0 Å². The fourth-order valence-electron chi connectivity index (χ4n) is 5.28. The van der Waals surface area contributed by atoms with Crippen LogP contribution in [0.25, 0.3) is 11.3 Å². The van der Waals surface area contributed by atoms with Crippen LogP contribution in [0.2, 0.25) is 0 Å². The van der Waals surface area contributed by atoms with Crippen LogP contribution in [0, 0.1) is 11.3 Å². The molecule has 0 radical (unpaired) electrons. The highest BCUT2D eigenvalue weighted by Gasteiger charge is 2.31. The standard InChI is InChI=1S/C30H33N11O2/c1-40-17-22(14-36-40)26-15-33-27(16-32-26)41(30(42)35-12-20-5-3-2-4-6-20)25-9-7-23(8-10-25)38-29-34-13-21(11-31)28(39-29)37-24-18-43-19-24/h2-6,13-17,23-25H,7-10,12,18-19H2,1H3,(H,35,42)(H2,34,37,38,39)/t23-,25-. The number of nitrogens with one attached hydrogen (secondary N) is 3. The van der Waals surface area contributed by atoms with Gasteiger partial charge in [0, 0.05) is 37.4 Å². The Morgan fingerprint density at radius 1 is 1.02 bits per heavy atom. The van der Waals surface area contributed by atoms with Crippen molar-refractivity contribution >= 4 is 23.6 Å². The number of benzene rings is 1. The molecule has 1 saturated carbocycles. The van der Waals surface area contributed by atoms with E-state index in [1.54, 1.807) is 28.2 Å². The van der Waals surface area contributed by atoms with Gasteiger partial charge in [0.1, 0.15) is 17.5 Å². The van der Waals surface area contributed by atoms with Crippen LogP contribution in [0.3, 0.4) is 0 Å². The van der Waals surface area contributed by atoms with Gasteiger partial charge >= 0.3 is 6.03 Å². The summed E-state index contributed by atoms with van der Waals surface area (Å²) in [5, 5.41) is 23.4. The third kappa shape index (κ3) is 6.70. The molecule has 2 amide bonds. The van der Waals surface area contributed by atoms with Crippen molar-refractivity contribution < 1.29 is 9.53 Å². The normalized spacial score (nSPS) is 18.2. The summed E-state index contributed by atoms with van der Waals surface area (Å²) in [5.74, 6) is 1.48. The van der Waals surface area contributed by atoms with Crippen LogP contribution in [0.5, 0.6) is 0 Å². The maximum Gasteiger partial charge on any atom is 0.323 e. The fraction of sp³-hybridized carbons (Fsp3) is 0.367. The summed E-state index contributed by atoms with van der Waals surface area (Å²) in [6.07, 6.45) is 11.6. The van der Waals surface area contributed by atoms with Crippen LogP contribution in [0.15, 0.2) is 61.3 Å². The molecular weight excluding hydrogens is 546 g/mol. The lowest BCUT2D eigenvalue weighted by Crippen LogP contribution is -2.49. The Balaban J connectivity index is 1.14. The van der Waals surface area contributed by atoms with Crippen molar-refractivity contribution in [1.29, 1.82) is 5.26 Å². The van der Waals surface area contributed by atoms with Crippen LogP contribution in [0.4, 0.5) is 22.4 Å². The predicted octanol–water partition coefficient (Wildman–Crippen LogP) is 3.49. The second-order valence-electron chi connectivity index (χ2n) is 10.8. The van der Waals surface area contributed by atoms with Gasteiger partial charge in [0.25, 0.3) is 0 Å². The summed E-state index contributed by atoms with van der Waals surface area (Å²) in [4.78, 5) is 33.5. The highest BCUT2D eigenvalue weighted by molar-refractivity contribution is 5.91. The molecule has 4 heterocycles.